The summed E-state index contributed by atoms with van der Waals surface area (Å²) in [6.07, 6.45) is 7.42. The molecule has 12 nitrogen and oxygen atoms in total. The van der Waals surface area contributed by atoms with Crippen molar-refractivity contribution >= 4 is 70.2 Å². The molecule has 2 aliphatic rings. The van der Waals surface area contributed by atoms with Gasteiger partial charge < -0.3 is 30.4 Å². The Hall–Kier alpha value is -8.12. The maximum atomic E-state index is 11.8. The minimum atomic E-state index is -1.07. The van der Waals surface area contributed by atoms with Crippen LogP contribution in [0.3, 0.4) is 0 Å². The average Bonchev–Trinajstić information content (AvgIpc) is 4.10. The van der Waals surface area contributed by atoms with Gasteiger partial charge in [0.1, 0.15) is 0 Å². The van der Waals surface area contributed by atoms with E-state index in [1.54, 1.807) is 48.5 Å². The third-order valence-electron chi connectivity index (χ3n) is 10.4. The van der Waals surface area contributed by atoms with Gasteiger partial charge in [0.05, 0.1) is 45.0 Å². The van der Waals surface area contributed by atoms with Gasteiger partial charge in [-0.05, 0) is 119 Å². The smallest absolute Gasteiger partial charge is 0.478 e. The van der Waals surface area contributed by atoms with Crippen LogP contribution in [0.15, 0.2) is 121 Å². The fourth-order valence-corrected chi connectivity index (χ4v) is 7.54. The number of benzene rings is 4. The van der Waals surface area contributed by atoms with Crippen LogP contribution in [0.25, 0.3) is 90.9 Å². The number of aromatic nitrogens is 4. The zero-order valence-electron chi connectivity index (χ0n) is 31.6. The molecule has 9 rings (SSSR count). The van der Waals surface area contributed by atoms with Crippen molar-refractivity contribution in [2.45, 2.75) is 0 Å². The molecule has 2 aliphatic heterocycles. The number of fused-ring (bicyclic) bond motifs is 8. The van der Waals surface area contributed by atoms with Gasteiger partial charge in [-0.3, -0.25) is 0 Å². The van der Waals surface area contributed by atoms with Crippen LogP contribution in [0.1, 0.15) is 64.2 Å². The predicted octanol–water partition coefficient (Wildman–Crippen LogP) is 10.1. The van der Waals surface area contributed by atoms with Crippen LogP contribution < -0.4 is 0 Å². The molecule has 0 unspecified atom stereocenters. The number of carbonyl (C=O) groups is 4. The standard InChI is InChI=1S/C48H30N4O8.Mn/c53-45(54)29-9-1-25(2-10-29)41-33-17-19-35(49-33)42(26-3-11-30(12-4-26)46(55)56)37-21-23-39(51-37)44(28-7-15-32(16-8-28)48(59)60)40-24-22-38(52-40)43(36-20-18-34(41)50-36)27-5-13-31(14-6-27)47(57)58;/h1-24,49-50H,(H,53,54)(H,55,56)(H,57,58)(H,59,60);/q;+3. The molecular formula is C48H30MnN4O8+3. The minimum Gasteiger partial charge on any atom is -0.478 e. The van der Waals surface area contributed by atoms with Crippen molar-refractivity contribution in [1.82, 2.24) is 19.9 Å². The molecule has 0 saturated carbocycles. The second kappa shape index (κ2) is 15.9. The number of aromatic amines is 2. The van der Waals surface area contributed by atoms with Crippen LogP contribution in [0, 0.1) is 0 Å². The van der Waals surface area contributed by atoms with Gasteiger partial charge in [0.15, 0.2) is 0 Å². The largest absolute Gasteiger partial charge is 3.00 e. The van der Waals surface area contributed by atoms with E-state index in [0.717, 1.165) is 0 Å². The molecule has 7 aromatic rings. The molecular weight excluding hydrogens is 815 g/mol. The SMILES string of the molecule is O=C(O)c1ccc(-c2c3nc(c(-c4ccc(C(=O)O)cc4)c4ccc([nH]4)c(-c4ccc(C(=O)O)cc4)c4ccc([nH]4)c(-c4ccc(C(=O)O)cc4)c4nc2C=C4)C=C3)cc1.[Mn+3]. The van der Waals surface area contributed by atoms with E-state index >= 15 is 0 Å². The Morgan fingerprint density at radius 1 is 0.328 bits per heavy atom. The van der Waals surface area contributed by atoms with Crippen LogP contribution in [0.4, 0.5) is 0 Å². The monoisotopic (exact) mass is 845 g/mol. The molecule has 5 heterocycles. The quantitative estimate of drug-likeness (QED) is 0.0798. The van der Waals surface area contributed by atoms with E-state index in [9.17, 15) is 39.6 Å². The van der Waals surface area contributed by atoms with Gasteiger partial charge in [0, 0.05) is 44.3 Å². The van der Waals surface area contributed by atoms with E-state index in [4.69, 9.17) is 9.97 Å². The number of carboxylic acid groups (broad SMARTS) is 4. The number of nitrogens with zero attached hydrogens (tertiary/aromatic N) is 2. The van der Waals surface area contributed by atoms with Crippen molar-refractivity contribution in [3.8, 4) is 44.5 Å². The van der Waals surface area contributed by atoms with Gasteiger partial charge in [0.2, 0.25) is 0 Å². The van der Waals surface area contributed by atoms with Crippen molar-refractivity contribution in [2.24, 2.45) is 0 Å². The first kappa shape index (κ1) is 39.7. The zero-order chi connectivity index (χ0) is 41.7. The Balaban J connectivity index is 0.00000514. The summed E-state index contributed by atoms with van der Waals surface area (Å²) in [6.45, 7) is 0. The van der Waals surface area contributed by atoms with Crippen LogP contribution >= 0.6 is 0 Å². The topological polar surface area (TPSA) is 207 Å². The molecule has 0 atom stereocenters. The number of hydrogen-bond donors (Lipinski definition) is 6. The van der Waals surface area contributed by atoms with Gasteiger partial charge >= 0.3 is 40.9 Å². The maximum Gasteiger partial charge on any atom is 3.00 e. The van der Waals surface area contributed by atoms with Gasteiger partial charge in [-0.15, -0.1) is 0 Å². The van der Waals surface area contributed by atoms with Gasteiger partial charge in [-0.2, -0.15) is 0 Å². The summed E-state index contributed by atoms with van der Waals surface area (Å²) >= 11 is 0. The second-order valence-electron chi connectivity index (χ2n) is 14.0. The summed E-state index contributed by atoms with van der Waals surface area (Å²) in [5.41, 5.74) is 10.7. The molecule has 0 amide bonds. The van der Waals surface area contributed by atoms with E-state index in [-0.39, 0.29) is 39.3 Å². The third kappa shape index (κ3) is 7.42. The van der Waals surface area contributed by atoms with E-state index in [1.807, 2.05) is 48.6 Å². The first-order chi connectivity index (χ1) is 29.0. The third-order valence-corrected chi connectivity index (χ3v) is 10.4. The fourth-order valence-electron chi connectivity index (χ4n) is 7.54. The fraction of sp³-hybridized carbons (Fsp3) is 0. The molecule has 0 aliphatic carbocycles. The molecule has 0 fully saturated rings. The molecule has 0 spiro atoms. The van der Waals surface area contributed by atoms with Crippen LogP contribution in [0.2, 0.25) is 0 Å². The Morgan fingerprint density at radius 3 is 0.836 bits per heavy atom. The number of nitrogens with one attached hydrogen (secondary N) is 2. The molecule has 3 aromatic heterocycles. The molecule has 0 saturated heterocycles. The number of hydrogen-bond acceptors (Lipinski definition) is 6. The zero-order valence-corrected chi connectivity index (χ0v) is 32.7. The molecule has 13 heteroatoms. The van der Waals surface area contributed by atoms with Crippen LogP contribution in [-0.4, -0.2) is 64.2 Å². The second-order valence-corrected chi connectivity index (χ2v) is 14.0. The first-order valence-electron chi connectivity index (χ1n) is 18.5. The summed E-state index contributed by atoms with van der Waals surface area (Å²) in [5, 5.41) is 38.7. The minimum absolute atomic E-state index is 0. The van der Waals surface area contributed by atoms with Crippen LogP contribution in [-0.2, 0) is 17.1 Å². The summed E-state index contributed by atoms with van der Waals surface area (Å²) in [7, 11) is 0. The predicted molar refractivity (Wildman–Crippen MR) is 228 cm³/mol. The van der Waals surface area contributed by atoms with E-state index in [2.05, 4.69) is 9.97 Å². The molecule has 8 bridgehead atoms. The van der Waals surface area contributed by atoms with Crippen molar-refractivity contribution in [2.75, 3.05) is 0 Å². The van der Waals surface area contributed by atoms with Crippen molar-refractivity contribution in [1.29, 1.82) is 0 Å². The number of rotatable bonds is 8. The Morgan fingerprint density at radius 2 is 0.557 bits per heavy atom. The van der Waals surface area contributed by atoms with Crippen molar-refractivity contribution < 1.29 is 56.7 Å². The van der Waals surface area contributed by atoms with E-state index in [1.165, 1.54) is 48.5 Å². The van der Waals surface area contributed by atoms with E-state index in [0.29, 0.717) is 89.4 Å². The Labute approximate surface area is 356 Å². The maximum absolute atomic E-state index is 11.8. The molecule has 294 valence electrons. The van der Waals surface area contributed by atoms with E-state index < -0.39 is 23.9 Å². The number of H-pyrrole nitrogens is 2. The summed E-state index contributed by atoms with van der Waals surface area (Å²) in [5.74, 6) is -4.25. The summed E-state index contributed by atoms with van der Waals surface area (Å²) < 4.78 is 0. The van der Waals surface area contributed by atoms with Gasteiger partial charge in [0.25, 0.3) is 0 Å². The van der Waals surface area contributed by atoms with Crippen molar-refractivity contribution in [3.63, 3.8) is 0 Å². The van der Waals surface area contributed by atoms with Crippen molar-refractivity contribution in [3.05, 3.63) is 166 Å². The first-order valence-corrected chi connectivity index (χ1v) is 18.5. The number of aromatic carboxylic acids is 4. The molecule has 61 heavy (non-hydrogen) atoms. The normalized spacial score (nSPS) is 11.5. The van der Waals surface area contributed by atoms with Gasteiger partial charge in [-0.1, -0.05) is 48.5 Å². The van der Waals surface area contributed by atoms with Gasteiger partial charge in [-0.25, -0.2) is 29.1 Å². The molecule has 6 N–H and O–H groups in total. The molecule has 4 aromatic carbocycles. The Kier molecular flexibility index (Phi) is 10.4. The molecule has 0 radical (unpaired) electrons. The number of carboxylic acids is 4. The average molecular weight is 846 g/mol. The van der Waals surface area contributed by atoms with Crippen LogP contribution in [0.5, 0.6) is 0 Å². The summed E-state index contributed by atoms with van der Waals surface area (Å²) in [4.78, 5) is 64.8. The summed E-state index contributed by atoms with van der Waals surface area (Å²) in [6, 6.07) is 33.6. The Bertz CT molecular complexity index is 3030.